The van der Waals surface area contributed by atoms with Gasteiger partial charge in [-0.3, -0.25) is 14.9 Å². The van der Waals surface area contributed by atoms with Gasteiger partial charge in [-0.25, -0.2) is 0 Å². The fraction of sp³-hybridized carbons (Fsp3) is 0.188. The maximum atomic E-state index is 11.7. The lowest BCUT2D eigenvalue weighted by Gasteiger charge is -2.10. The third-order valence-corrected chi connectivity index (χ3v) is 3.58. The van der Waals surface area contributed by atoms with Gasteiger partial charge in [0.2, 0.25) is 0 Å². The van der Waals surface area contributed by atoms with Gasteiger partial charge in [-0.05, 0) is 24.3 Å². The minimum Gasteiger partial charge on any atom is -0.492 e. The summed E-state index contributed by atoms with van der Waals surface area (Å²) in [7, 11) is 0. The summed E-state index contributed by atoms with van der Waals surface area (Å²) < 4.78 is 11.1. The molecule has 2 N–H and O–H groups in total. The van der Waals surface area contributed by atoms with Crippen LogP contribution in [0.1, 0.15) is 0 Å². The Bertz CT molecular complexity index is 875. The van der Waals surface area contributed by atoms with Crippen molar-refractivity contribution in [3.63, 3.8) is 0 Å². The lowest BCUT2D eigenvalue weighted by atomic mass is 10.1. The van der Waals surface area contributed by atoms with Crippen LogP contribution in [0.3, 0.4) is 0 Å². The first-order valence-corrected chi connectivity index (χ1v) is 7.25. The van der Waals surface area contributed by atoms with Crippen LogP contribution >= 0.6 is 0 Å². The van der Waals surface area contributed by atoms with Crippen LogP contribution in [0.25, 0.3) is 22.2 Å². The third kappa shape index (κ3) is 2.68. The molecule has 23 heavy (non-hydrogen) atoms. The van der Waals surface area contributed by atoms with Gasteiger partial charge in [0.05, 0.1) is 18.3 Å². The van der Waals surface area contributed by atoms with E-state index in [2.05, 4.69) is 20.5 Å². The van der Waals surface area contributed by atoms with E-state index in [1.807, 2.05) is 24.3 Å². The van der Waals surface area contributed by atoms with Crippen molar-refractivity contribution in [2.24, 2.45) is 0 Å². The number of amides is 1. The second kappa shape index (κ2) is 5.60. The average Bonchev–Trinajstić information content (AvgIpc) is 3.00. The summed E-state index contributed by atoms with van der Waals surface area (Å²) in [6.07, 6.45) is 3.29. The number of benzene rings is 1. The number of ether oxygens (including phenoxy) is 2. The van der Waals surface area contributed by atoms with Crippen LogP contribution in [0.4, 0.5) is 0 Å². The zero-order chi connectivity index (χ0) is 15.6. The van der Waals surface area contributed by atoms with Gasteiger partial charge in [0.1, 0.15) is 23.8 Å². The number of carbonyl (C=O) groups excluding carboxylic acids is 1. The Morgan fingerprint density at radius 2 is 2.04 bits per heavy atom. The second-order valence-corrected chi connectivity index (χ2v) is 5.18. The quantitative estimate of drug-likeness (QED) is 0.657. The molecule has 1 aliphatic heterocycles. The zero-order valence-electron chi connectivity index (χ0n) is 12.2. The zero-order valence-corrected chi connectivity index (χ0v) is 12.2. The van der Waals surface area contributed by atoms with Crippen molar-refractivity contribution in [1.82, 2.24) is 20.5 Å². The molecular formula is C16H14N4O3. The maximum Gasteiger partial charge on any atom is 0.258 e. The van der Waals surface area contributed by atoms with E-state index in [1.54, 1.807) is 12.4 Å². The van der Waals surface area contributed by atoms with Crippen molar-refractivity contribution in [2.75, 3.05) is 19.8 Å². The van der Waals surface area contributed by atoms with E-state index in [-0.39, 0.29) is 12.5 Å². The Hall–Kier alpha value is -3.09. The number of aromatic nitrogens is 3. The molecule has 1 aliphatic rings. The predicted octanol–water partition coefficient (Wildman–Crippen LogP) is 1.51. The number of H-pyrrole nitrogens is 1. The van der Waals surface area contributed by atoms with Crippen LogP contribution in [0.2, 0.25) is 0 Å². The van der Waals surface area contributed by atoms with E-state index in [1.165, 1.54) is 0 Å². The molecule has 3 aromatic rings. The fourth-order valence-electron chi connectivity index (χ4n) is 2.49. The Labute approximate surface area is 131 Å². The lowest BCUT2D eigenvalue weighted by molar-refractivity contribution is -0.123. The summed E-state index contributed by atoms with van der Waals surface area (Å²) in [5.41, 5.74) is 2.49. The minimum absolute atomic E-state index is 0.0631. The summed E-state index contributed by atoms with van der Waals surface area (Å²) in [5.74, 6) is 1.05. The number of aromatic amines is 1. The van der Waals surface area contributed by atoms with Crippen LogP contribution in [-0.4, -0.2) is 40.8 Å². The van der Waals surface area contributed by atoms with Crippen LogP contribution in [0.15, 0.2) is 36.7 Å². The first-order chi connectivity index (χ1) is 11.3. The number of hydrogen-bond acceptors (Lipinski definition) is 5. The Morgan fingerprint density at radius 3 is 3.00 bits per heavy atom. The molecule has 116 valence electrons. The van der Waals surface area contributed by atoms with Gasteiger partial charge in [0, 0.05) is 17.1 Å². The average molecular weight is 310 g/mol. The second-order valence-electron chi connectivity index (χ2n) is 5.18. The van der Waals surface area contributed by atoms with Gasteiger partial charge in [-0.2, -0.15) is 5.10 Å². The first kappa shape index (κ1) is 13.6. The van der Waals surface area contributed by atoms with Crippen molar-refractivity contribution in [3.8, 4) is 22.8 Å². The van der Waals surface area contributed by atoms with E-state index in [0.717, 1.165) is 27.9 Å². The van der Waals surface area contributed by atoms with E-state index in [0.29, 0.717) is 18.9 Å². The molecule has 1 aromatic carbocycles. The number of nitrogens with one attached hydrogen (secondary N) is 2. The predicted molar refractivity (Wildman–Crippen MR) is 83.3 cm³/mol. The minimum atomic E-state index is -0.202. The molecule has 0 aliphatic carbocycles. The number of pyridine rings is 1. The Kier molecular flexibility index (Phi) is 3.30. The van der Waals surface area contributed by atoms with Gasteiger partial charge in [-0.15, -0.1) is 0 Å². The number of hydrogen-bond donors (Lipinski definition) is 2. The molecule has 7 heteroatoms. The summed E-state index contributed by atoms with van der Waals surface area (Å²) in [4.78, 5) is 15.9. The fourth-order valence-corrected chi connectivity index (χ4v) is 2.49. The molecule has 2 aromatic heterocycles. The normalized spacial score (nSPS) is 14.7. The Morgan fingerprint density at radius 1 is 1.09 bits per heavy atom. The van der Waals surface area contributed by atoms with Gasteiger partial charge in [0.15, 0.2) is 6.61 Å². The molecule has 1 amide bonds. The van der Waals surface area contributed by atoms with Crippen LogP contribution in [-0.2, 0) is 4.79 Å². The highest BCUT2D eigenvalue weighted by Gasteiger charge is 2.12. The van der Waals surface area contributed by atoms with Crippen LogP contribution in [0.5, 0.6) is 11.5 Å². The van der Waals surface area contributed by atoms with Gasteiger partial charge >= 0.3 is 0 Å². The number of carbonyl (C=O) groups is 1. The van der Waals surface area contributed by atoms with Crippen LogP contribution < -0.4 is 14.8 Å². The Balaban J connectivity index is 1.83. The molecule has 0 fully saturated rings. The number of rotatable bonds is 0. The molecule has 3 heterocycles. The van der Waals surface area contributed by atoms with Crippen molar-refractivity contribution < 1.29 is 14.3 Å². The highest BCUT2D eigenvalue weighted by molar-refractivity contribution is 5.93. The largest absolute Gasteiger partial charge is 0.492 e. The molecular weight excluding hydrogens is 296 g/mol. The van der Waals surface area contributed by atoms with Gasteiger partial charge in [-0.1, -0.05) is 0 Å². The summed E-state index contributed by atoms with van der Waals surface area (Å²) in [6, 6.07) is 7.53. The van der Waals surface area contributed by atoms with E-state index in [9.17, 15) is 4.79 Å². The number of nitrogens with zero attached hydrogens (tertiary/aromatic N) is 2. The molecule has 0 spiro atoms. The molecule has 4 rings (SSSR count). The molecule has 0 unspecified atom stereocenters. The molecule has 0 saturated heterocycles. The topological polar surface area (TPSA) is 89.1 Å². The van der Waals surface area contributed by atoms with Crippen molar-refractivity contribution >= 4 is 16.8 Å². The van der Waals surface area contributed by atoms with Gasteiger partial charge < -0.3 is 14.8 Å². The monoisotopic (exact) mass is 310 g/mol. The van der Waals surface area contributed by atoms with E-state index >= 15 is 0 Å². The van der Waals surface area contributed by atoms with Crippen LogP contribution in [0, 0.1) is 0 Å². The number of fused-ring (bicyclic) bond motifs is 4. The third-order valence-electron chi connectivity index (χ3n) is 3.58. The molecule has 0 radical (unpaired) electrons. The van der Waals surface area contributed by atoms with Crippen molar-refractivity contribution in [1.29, 1.82) is 0 Å². The van der Waals surface area contributed by atoms with E-state index < -0.39 is 0 Å². The highest BCUT2D eigenvalue weighted by atomic mass is 16.5. The highest BCUT2D eigenvalue weighted by Crippen LogP contribution is 2.30. The molecule has 7 nitrogen and oxygen atoms in total. The van der Waals surface area contributed by atoms with Gasteiger partial charge in [0.25, 0.3) is 5.91 Å². The SMILES string of the molecule is O=C1COc2cncc(c2)-c2n[nH]c3ccc(cc23)OCCN1. The molecule has 0 saturated carbocycles. The molecule has 4 bridgehead atoms. The lowest BCUT2D eigenvalue weighted by Crippen LogP contribution is -2.32. The summed E-state index contributed by atoms with van der Waals surface area (Å²) in [5, 5.41) is 11.0. The van der Waals surface area contributed by atoms with E-state index in [4.69, 9.17) is 9.47 Å². The maximum absolute atomic E-state index is 11.7. The first-order valence-electron chi connectivity index (χ1n) is 7.25. The summed E-state index contributed by atoms with van der Waals surface area (Å²) in [6.45, 7) is 0.737. The standard InChI is InChI=1S/C16H14N4O3/c21-15-9-23-12-5-10(7-17-8-12)16-13-6-11(22-4-3-18-15)1-2-14(13)19-20-16/h1-2,5-8H,3-4,9H2,(H,18,21)(H,19,20). The molecule has 0 atom stereocenters. The summed E-state index contributed by atoms with van der Waals surface area (Å²) >= 11 is 0. The van der Waals surface area contributed by atoms with Crippen molar-refractivity contribution in [2.45, 2.75) is 0 Å². The smallest absolute Gasteiger partial charge is 0.258 e. The van der Waals surface area contributed by atoms with Crippen molar-refractivity contribution in [3.05, 3.63) is 36.7 Å².